The zero-order chi connectivity index (χ0) is 13.1. The molecule has 1 aromatic carbocycles. The maximum Gasteiger partial charge on any atom is 0.230 e. The van der Waals surface area contributed by atoms with E-state index < -0.39 is 0 Å². The third kappa shape index (κ3) is 3.08. The van der Waals surface area contributed by atoms with E-state index in [-0.39, 0.29) is 17.0 Å². The number of carbonyl (C=O) groups is 1. The van der Waals surface area contributed by atoms with E-state index in [1.165, 1.54) is 35.2 Å². The molecule has 0 saturated heterocycles. The van der Waals surface area contributed by atoms with Crippen LogP contribution in [0.15, 0.2) is 34.0 Å². The molecular formula is C12H11FN2OS2. The average Bonchev–Trinajstić information content (AvgIpc) is 2.78. The highest BCUT2D eigenvalue weighted by Gasteiger charge is 2.13. The number of primary amides is 1. The number of carbonyl (C=O) groups excluding carboxylic acids is 1. The molecule has 0 aliphatic heterocycles. The SMILES string of the molecule is CC(Sc1nc(-c2ccc(F)cc2)cs1)C(N)=O. The van der Waals surface area contributed by atoms with Gasteiger partial charge in [-0.15, -0.1) is 11.3 Å². The molecule has 0 spiro atoms. The molecule has 1 amide bonds. The van der Waals surface area contributed by atoms with Crippen LogP contribution in [-0.2, 0) is 4.79 Å². The van der Waals surface area contributed by atoms with E-state index >= 15 is 0 Å². The van der Waals surface area contributed by atoms with Gasteiger partial charge in [-0.25, -0.2) is 9.37 Å². The standard InChI is InChI=1S/C12H11FN2OS2/c1-7(11(14)16)18-12-15-10(6-17-12)8-2-4-9(13)5-3-8/h2-7H,1H3,(H2,14,16). The number of thioether (sulfide) groups is 1. The van der Waals surface area contributed by atoms with Gasteiger partial charge in [0.2, 0.25) is 5.91 Å². The Balaban J connectivity index is 2.15. The predicted octanol–water partition coefficient (Wildman–Crippen LogP) is 2.92. The molecule has 0 fully saturated rings. The molecule has 2 rings (SSSR count). The van der Waals surface area contributed by atoms with Crippen LogP contribution in [0.3, 0.4) is 0 Å². The minimum atomic E-state index is -0.362. The van der Waals surface area contributed by atoms with E-state index in [4.69, 9.17) is 5.73 Å². The van der Waals surface area contributed by atoms with Gasteiger partial charge in [-0.1, -0.05) is 11.8 Å². The first-order valence-corrected chi connectivity index (χ1v) is 6.99. The van der Waals surface area contributed by atoms with E-state index in [1.807, 2.05) is 5.38 Å². The van der Waals surface area contributed by atoms with Gasteiger partial charge in [-0.2, -0.15) is 0 Å². The summed E-state index contributed by atoms with van der Waals surface area (Å²) in [6.07, 6.45) is 0. The average molecular weight is 282 g/mol. The monoisotopic (exact) mass is 282 g/mol. The number of thiazole rings is 1. The molecule has 3 nitrogen and oxygen atoms in total. The second kappa shape index (κ2) is 5.49. The van der Waals surface area contributed by atoms with Gasteiger partial charge in [0.15, 0.2) is 4.34 Å². The summed E-state index contributed by atoms with van der Waals surface area (Å²) in [5.41, 5.74) is 6.82. The first-order valence-electron chi connectivity index (χ1n) is 5.23. The summed E-state index contributed by atoms with van der Waals surface area (Å²) in [7, 11) is 0. The van der Waals surface area contributed by atoms with Crippen molar-refractivity contribution in [2.75, 3.05) is 0 Å². The summed E-state index contributed by atoms with van der Waals surface area (Å²) in [6, 6.07) is 6.15. The van der Waals surface area contributed by atoms with Crippen LogP contribution < -0.4 is 5.73 Å². The Labute approximate surface area is 112 Å². The van der Waals surface area contributed by atoms with Crippen LogP contribution in [0.25, 0.3) is 11.3 Å². The van der Waals surface area contributed by atoms with Crippen LogP contribution in [0.4, 0.5) is 4.39 Å². The number of hydrogen-bond acceptors (Lipinski definition) is 4. The molecular weight excluding hydrogens is 271 g/mol. The Bertz CT molecular complexity index is 553. The summed E-state index contributed by atoms with van der Waals surface area (Å²) in [4.78, 5) is 15.3. The Morgan fingerprint density at radius 3 is 2.72 bits per heavy atom. The third-order valence-corrected chi connectivity index (χ3v) is 4.39. The van der Waals surface area contributed by atoms with Gasteiger partial charge in [0.1, 0.15) is 5.82 Å². The molecule has 1 aromatic heterocycles. The van der Waals surface area contributed by atoms with Gasteiger partial charge in [0.05, 0.1) is 10.9 Å². The number of benzene rings is 1. The Morgan fingerprint density at radius 2 is 2.11 bits per heavy atom. The van der Waals surface area contributed by atoms with Gasteiger partial charge in [0, 0.05) is 10.9 Å². The number of nitrogens with two attached hydrogens (primary N) is 1. The Hall–Kier alpha value is -1.40. The van der Waals surface area contributed by atoms with Crippen molar-refractivity contribution in [3.63, 3.8) is 0 Å². The molecule has 2 aromatic rings. The highest BCUT2D eigenvalue weighted by molar-refractivity contribution is 8.02. The van der Waals surface area contributed by atoms with Crippen molar-refractivity contribution < 1.29 is 9.18 Å². The molecule has 0 aliphatic rings. The van der Waals surface area contributed by atoms with Gasteiger partial charge in [-0.05, 0) is 31.2 Å². The third-order valence-electron chi connectivity index (χ3n) is 2.30. The fourth-order valence-corrected chi connectivity index (χ4v) is 3.20. The van der Waals surface area contributed by atoms with Crippen LogP contribution in [0.2, 0.25) is 0 Å². The molecule has 0 radical (unpaired) electrons. The van der Waals surface area contributed by atoms with Crippen molar-refractivity contribution in [2.45, 2.75) is 16.5 Å². The Kier molecular flexibility index (Phi) is 3.98. The maximum absolute atomic E-state index is 12.8. The number of hydrogen-bond donors (Lipinski definition) is 1. The van der Waals surface area contributed by atoms with Gasteiger partial charge in [-0.3, -0.25) is 4.79 Å². The number of aromatic nitrogens is 1. The zero-order valence-corrected chi connectivity index (χ0v) is 11.2. The first-order chi connectivity index (χ1) is 8.56. The quantitative estimate of drug-likeness (QED) is 0.877. The minimum Gasteiger partial charge on any atom is -0.369 e. The summed E-state index contributed by atoms with van der Waals surface area (Å²) in [5, 5.41) is 1.57. The van der Waals surface area contributed by atoms with Crippen molar-refractivity contribution in [1.29, 1.82) is 0 Å². The van der Waals surface area contributed by atoms with Gasteiger partial charge < -0.3 is 5.73 Å². The van der Waals surface area contributed by atoms with Crippen molar-refractivity contribution in [3.8, 4) is 11.3 Å². The molecule has 2 N–H and O–H groups in total. The lowest BCUT2D eigenvalue weighted by Gasteiger charge is -2.02. The van der Waals surface area contributed by atoms with E-state index in [1.54, 1.807) is 19.1 Å². The predicted molar refractivity (Wildman–Crippen MR) is 72.0 cm³/mol. The highest BCUT2D eigenvalue weighted by atomic mass is 32.2. The van der Waals surface area contributed by atoms with E-state index in [9.17, 15) is 9.18 Å². The molecule has 94 valence electrons. The van der Waals surface area contributed by atoms with Crippen molar-refractivity contribution in [1.82, 2.24) is 4.98 Å². The van der Waals surface area contributed by atoms with Crippen molar-refractivity contribution in [2.24, 2.45) is 5.73 Å². The lowest BCUT2D eigenvalue weighted by atomic mass is 10.2. The molecule has 0 saturated carbocycles. The second-order valence-electron chi connectivity index (χ2n) is 3.67. The summed E-state index contributed by atoms with van der Waals surface area (Å²) in [6.45, 7) is 1.74. The largest absolute Gasteiger partial charge is 0.369 e. The molecule has 18 heavy (non-hydrogen) atoms. The second-order valence-corrected chi connectivity index (χ2v) is 6.11. The van der Waals surface area contributed by atoms with Gasteiger partial charge >= 0.3 is 0 Å². The first kappa shape index (κ1) is 13.0. The fraction of sp³-hybridized carbons (Fsp3) is 0.167. The van der Waals surface area contributed by atoms with Crippen LogP contribution in [0.1, 0.15) is 6.92 Å². The molecule has 1 atom stereocenters. The van der Waals surface area contributed by atoms with Crippen LogP contribution in [-0.4, -0.2) is 16.1 Å². The number of halogens is 1. The number of amides is 1. The summed E-state index contributed by atoms with van der Waals surface area (Å²) in [5.74, 6) is -0.635. The zero-order valence-electron chi connectivity index (χ0n) is 9.59. The highest BCUT2D eigenvalue weighted by Crippen LogP contribution is 2.30. The van der Waals surface area contributed by atoms with E-state index in [2.05, 4.69) is 4.98 Å². The van der Waals surface area contributed by atoms with Crippen molar-refractivity contribution in [3.05, 3.63) is 35.5 Å². The van der Waals surface area contributed by atoms with E-state index in [0.717, 1.165) is 15.6 Å². The fourth-order valence-electron chi connectivity index (χ4n) is 1.27. The molecule has 0 bridgehead atoms. The van der Waals surface area contributed by atoms with Crippen LogP contribution in [0.5, 0.6) is 0 Å². The maximum atomic E-state index is 12.8. The van der Waals surface area contributed by atoms with Crippen molar-refractivity contribution >= 4 is 29.0 Å². The molecule has 6 heteroatoms. The Morgan fingerprint density at radius 1 is 1.44 bits per heavy atom. The summed E-state index contributed by atoms with van der Waals surface area (Å²) >= 11 is 2.77. The van der Waals surface area contributed by atoms with Gasteiger partial charge in [0.25, 0.3) is 0 Å². The molecule has 0 aliphatic carbocycles. The number of nitrogens with zero attached hydrogens (tertiary/aromatic N) is 1. The minimum absolute atomic E-state index is 0.272. The van der Waals surface area contributed by atoms with Crippen LogP contribution in [0, 0.1) is 5.82 Å². The lowest BCUT2D eigenvalue weighted by Crippen LogP contribution is -2.22. The topological polar surface area (TPSA) is 56.0 Å². The summed E-state index contributed by atoms with van der Waals surface area (Å²) < 4.78 is 13.6. The molecule has 1 heterocycles. The normalized spacial score (nSPS) is 12.3. The van der Waals surface area contributed by atoms with E-state index in [0.29, 0.717) is 0 Å². The molecule has 1 unspecified atom stereocenters. The van der Waals surface area contributed by atoms with Crippen LogP contribution >= 0.6 is 23.1 Å². The lowest BCUT2D eigenvalue weighted by molar-refractivity contribution is -0.117. The smallest absolute Gasteiger partial charge is 0.230 e. The number of rotatable bonds is 4.